The number of halogens is 1. The fraction of sp³-hybridized carbons (Fsp3) is 0.0909. The number of nitro benzene ring substituents is 1. The lowest BCUT2D eigenvalue weighted by Crippen LogP contribution is -2.18. The number of nitro groups is 2. The summed E-state index contributed by atoms with van der Waals surface area (Å²) in [5, 5.41) is 23.6. The van der Waals surface area contributed by atoms with Crippen molar-refractivity contribution in [1.29, 1.82) is 0 Å². The molecular weight excluding hydrogens is 362 g/mol. The van der Waals surface area contributed by atoms with Gasteiger partial charge < -0.3 is 20.0 Å². The van der Waals surface area contributed by atoms with E-state index < -0.39 is 15.8 Å². The Bertz CT molecular complexity index is 759. The summed E-state index contributed by atoms with van der Waals surface area (Å²) in [6.07, 6.45) is 2.30. The zero-order valence-corrected chi connectivity index (χ0v) is 12.4. The fourth-order valence-corrected chi connectivity index (χ4v) is 2.07. The molecule has 11 heteroatoms. The van der Waals surface area contributed by atoms with Crippen LogP contribution >= 0.6 is 15.9 Å². The predicted octanol–water partition coefficient (Wildman–Crippen LogP) is 2.10. The third-order valence-corrected chi connectivity index (χ3v) is 3.23. The topological polar surface area (TPSA) is 133 Å². The van der Waals surface area contributed by atoms with Crippen LogP contribution in [-0.2, 0) is 11.3 Å². The first-order valence-electron chi connectivity index (χ1n) is 5.77. The molecule has 2 rings (SSSR count). The van der Waals surface area contributed by atoms with Crippen molar-refractivity contribution in [2.24, 2.45) is 0 Å². The van der Waals surface area contributed by atoms with E-state index in [2.05, 4.69) is 26.2 Å². The zero-order chi connectivity index (χ0) is 16.3. The van der Waals surface area contributed by atoms with Crippen LogP contribution in [0.4, 0.5) is 17.2 Å². The number of amides is 1. The van der Waals surface area contributed by atoms with Crippen LogP contribution in [0.15, 0.2) is 35.2 Å². The molecule has 1 N–H and O–H groups in total. The van der Waals surface area contributed by atoms with Gasteiger partial charge in [-0.15, -0.1) is 0 Å². The van der Waals surface area contributed by atoms with Crippen molar-refractivity contribution in [3.05, 3.63) is 55.4 Å². The van der Waals surface area contributed by atoms with Crippen LogP contribution in [0.5, 0.6) is 0 Å². The Hall–Kier alpha value is -2.82. The molecule has 114 valence electrons. The van der Waals surface area contributed by atoms with E-state index in [9.17, 15) is 25.0 Å². The van der Waals surface area contributed by atoms with Crippen LogP contribution in [0.3, 0.4) is 0 Å². The van der Waals surface area contributed by atoms with Gasteiger partial charge in [-0.05, 0) is 31.9 Å². The summed E-state index contributed by atoms with van der Waals surface area (Å²) < 4.78 is 1.61. The number of anilines is 1. The fourth-order valence-electron chi connectivity index (χ4n) is 1.60. The van der Waals surface area contributed by atoms with Gasteiger partial charge in [0.05, 0.1) is 10.6 Å². The molecule has 0 radical (unpaired) electrons. The molecule has 0 aliphatic rings. The maximum Gasteiger partial charge on any atom is 0.381 e. The molecule has 0 bridgehead atoms. The summed E-state index contributed by atoms with van der Waals surface area (Å²) in [5.74, 6) is -0.814. The summed E-state index contributed by atoms with van der Waals surface area (Å²) in [6.45, 7) is -0.176. The second-order valence-electron chi connectivity index (χ2n) is 4.13. The maximum absolute atomic E-state index is 11.8. The van der Waals surface area contributed by atoms with Gasteiger partial charge in [-0.25, -0.2) is 0 Å². The molecule has 0 spiro atoms. The zero-order valence-electron chi connectivity index (χ0n) is 10.8. The number of rotatable bonds is 5. The van der Waals surface area contributed by atoms with Crippen molar-refractivity contribution in [3.8, 4) is 0 Å². The smallest absolute Gasteiger partial charge is 0.358 e. The van der Waals surface area contributed by atoms with Crippen molar-refractivity contribution >= 4 is 39.0 Å². The number of benzene rings is 1. The van der Waals surface area contributed by atoms with Gasteiger partial charge in [0.15, 0.2) is 0 Å². The molecular formula is C11H8BrN5O5. The Morgan fingerprint density at radius 2 is 2.05 bits per heavy atom. The minimum atomic E-state index is -0.665. The molecule has 22 heavy (non-hydrogen) atoms. The first kappa shape index (κ1) is 15.6. The van der Waals surface area contributed by atoms with Crippen LogP contribution < -0.4 is 5.32 Å². The molecule has 0 saturated carbocycles. The normalized spacial score (nSPS) is 10.2. The molecule has 1 heterocycles. The van der Waals surface area contributed by atoms with Gasteiger partial charge in [-0.1, -0.05) is 0 Å². The van der Waals surface area contributed by atoms with Crippen molar-refractivity contribution in [1.82, 2.24) is 9.55 Å². The molecule has 1 amide bonds. The van der Waals surface area contributed by atoms with Gasteiger partial charge >= 0.3 is 5.82 Å². The molecule has 0 saturated heterocycles. The number of carbonyl (C=O) groups is 1. The molecule has 0 aliphatic heterocycles. The Kier molecular flexibility index (Phi) is 4.46. The molecule has 0 unspecified atom stereocenters. The number of nitrogens with one attached hydrogen (secondary N) is 1. The summed E-state index contributed by atoms with van der Waals surface area (Å²) in [6, 6.07) is 3.90. The van der Waals surface area contributed by atoms with Crippen LogP contribution in [0.2, 0.25) is 0 Å². The van der Waals surface area contributed by atoms with E-state index in [0.29, 0.717) is 10.2 Å². The Labute approximate surface area is 131 Å². The van der Waals surface area contributed by atoms with Crippen molar-refractivity contribution in [2.45, 2.75) is 6.54 Å². The minimum Gasteiger partial charge on any atom is -0.358 e. The summed E-state index contributed by atoms with van der Waals surface area (Å²) in [5.41, 5.74) is 0.236. The quantitative estimate of drug-likeness (QED) is 0.633. The standard InChI is InChI=1S/C11H8BrN5O5/c12-8-3-7(16(19)20)1-2-9(8)14-11(18)5-15-4-10(13-6-15)17(21)22/h1-4,6H,5H2,(H,14,18). The predicted molar refractivity (Wildman–Crippen MR) is 78.3 cm³/mol. The van der Waals surface area contributed by atoms with Gasteiger partial charge in [0, 0.05) is 16.6 Å². The number of hydrogen-bond acceptors (Lipinski definition) is 6. The number of imidazole rings is 1. The largest absolute Gasteiger partial charge is 0.381 e. The lowest BCUT2D eigenvalue weighted by Gasteiger charge is -2.07. The van der Waals surface area contributed by atoms with Crippen molar-refractivity contribution < 1.29 is 14.6 Å². The van der Waals surface area contributed by atoms with Gasteiger partial charge in [0.2, 0.25) is 12.2 Å². The summed E-state index contributed by atoms with van der Waals surface area (Å²) in [4.78, 5) is 35.3. The summed E-state index contributed by atoms with van der Waals surface area (Å²) >= 11 is 3.12. The number of aromatic nitrogens is 2. The first-order chi connectivity index (χ1) is 10.4. The van der Waals surface area contributed by atoms with Crippen molar-refractivity contribution in [3.63, 3.8) is 0 Å². The van der Waals surface area contributed by atoms with Gasteiger partial charge in [-0.3, -0.25) is 14.9 Å². The van der Waals surface area contributed by atoms with Crippen LogP contribution in [0.1, 0.15) is 0 Å². The third-order valence-electron chi connectivity index (χ3n) is 2.57. The second kappa shape index (κ2) is 6.30. The lowest BCUT2D eigenvalue weighted by molar-refractivity contribution is -0.389. The number of nitrogens with zero attached hydrogens (tertiary/aromatic N) is 4. The molecule has 2 aromatic rings. The van der Waals surface area contributed by atoms with Crippen LogP contribution in [0, 0.1) is 20.2 Å². The highest BCUT2D eigenvalue weighted by atomic mass is 79.9. The van der Waals surface area contributed by atoms with E-state index in [4.69, 9.17) is 0 Å². The average molecular weight is 370 g/mol. The minimum absolute atomic E-state index is 0.116. The molecule has 1 aromatic carbocycles. The lowest BCUT2D eigenvalue weighted by atomic mass is 10.3. The van der Waals surface area contributed by atoms with E-state index in [1.807, 2.05) is 0 Å². The monoisotopic (exact) mass is 369 g/mol. The number of non-ortho nitro benzene ring substituents is 1. The average Bonchev–Trinajstić information content (AvgIpc) is 2.89. The number of hydrogen-bond donors (Lipinski definition) is 1. The molecule has 0 aliphatic carbocycles. The highest BCUT2D eigenvalue weighted by molar-refractivity contribution is 9.10. The van der Waals surface area contributed by atoms with Gasteiger partial charge in [0.25, 0.3) is 5.69 Å². The Morgan fingerprint density at radius 1 is 1.32 bits per heavy atom. The highest BCUT2D eigenvalue weighted by Gasteiger charge is 2.14. The molecule has 1 aromatic heterocycles. The first-order valence-corrected chi connectivity index (χ1v) is 6.56. The van der Waals surface area contributed by atoms with Crippen LogP contribution in [0.25, 0.3) is 0 Å². The van der Waals surface area contributed by atoms with Gasteiger partial charge in [-0.2, -0.15) is 0 Å². The van der Waals surface area contributed by atoms with Gasteiger partial charge in [0.1, 0.15) is 12.7 Å². The van der Waals surface area contributed by atoms with Crippen molar-refractivity contribution in [2.75, 3.05) is 5.32 Å². The Balaban J connectivity index is 2.05. The van der Waals surface area contributed by atoms with E-state index in [-0.39, 0.29) is 18.1 Å². The maximum atomic E-state index is 11.8. The van der Waals surface area contributed by atoms with E-state index in [0.717, 1.165) is 6.20 Å². The van der Waals surface area contributed by atoms with E-state index >= 15 is 0 Å². The molecule has 0 fully saturated rings. The van der Waals surface area contributed by atoms with Crippen LogP contribution in [-0.4, -0.2) is 25.3 Å². The van der Waals surface area contributed by atoms with E-state index in [1.54, 1.807) is 0 Å². The second-order valence-corrected chi connectivity index (χ2v) is 4.99. The number of carbonyl (C=O) groups excluding carboxylic acids is 1. The molecule has 10 nitrogen and oxygen atoms in total. The van der Waals surface area contributed by atoms with E-state index in [1.165, 1.54) is 29.1 Å². The third kappa shape index (κ3) is 3.63. The molecule has 0 atom stereocenters. The SMILES string of the molecule is O=C(Cn1cnc([N+](=O)[O-])c1)Nc1ccc([N+](=O)[O-])cc1Br. The highest BCUT2D eigenvalue weighted by Crippen LogP contribution is 2.27. The Morgan fingerprint density at radius 3 is 2.59 bits per heavy atom. The summed E-state index contributed by atoms with van der Waals surface area (Å²) in [7, 11) is 0.